The van der Waals surface area contributed by atoms with Gasteiger partial charge in [-0.05, 0) is 32.0 Å². The molecule has 0 aliphatic heterocycles. The summed E-state index contributed by atoms with van der Waals surface area (Å²) in [6, 6.07) is 7.52. The highest BCUT2D eigenvalue weighted by atomic mass is 16.1. The number of nitrogens with zero attached hydrogens (tertiary/aromatic N) is 2. The predicted octanol–water partition coefficient (Wildman–Crippen LogP) is 1.76. The summed E-state index contributed by atoms with van der Waals surface area (Å²) < 4.78 is 0. The number of nitrogens with one attached hydrogen (secondary N) is 1. The molecule has 0 heterocycles. The molecular weight excluding hydrogens is 240 g/mol. The van der Waals surface area contributed by atoms with Crippen LogP contribution < -0.4 is 16.0 Å². The molecule has 5 heteroatoms. The first kappa shape index (κ1) is 14.8. The number of hydrogen-bond donors (Lipinski definition) is 2. The Morgan fingerprint density at radius 1 is 1.53 bits per heavy atom. The molecule has 0 aromatic heterocycles. The van der Waals surface area contributed by atoms with E-state index in [2.05, 4.69) is 11.4 Å². The Labute approximate surface area is 114 Å². The maximum Gasteiger partial charge on any atom is 0.251 e. The van der Waals surface area contributed by atoms with Gasteiger partial charge in [0.2, 0.25) is 0 Å². The molecule has 1 aromatic rings. The van der Waals surface area contributed by atoms with E-state index in [0.29, 0.717) is 24.2 Å². The molecule has 0 radical (unpaired) electrons. The van der Waals surface area contributed by atoms with Crippen molar-refractivity contribution in [2.75, 3.05) is 24.2 Å². The van der Waals surface area contributed by atoms with Crippen LogP contribution in [0.2, 0.25) is 0 Å². The molecule has 0 saturated heterocycles. The molecule has 1 aromatic carbocycles. The number of carbonyl (C=O) groups is 1. The second kappa shape index (κ2) is 6.64. The lowest BCUT2D eigenvalue weighted by Gasteiger charge is -2.29. The van der Waals surface area contributed by atoms with Crippen molar-refractivity contribution < 1.29 is 4.79 Å². The molecule has 5 nitrogen and oxygen atoms in total. The first-order valence-corrected chi connectivity index (χ1v) is 6.26. The van der Waals surface area contributed by atoms with Gasteiger partial charge in [-0.3, -0.25) is 4.79 Å². The first-order chi connectivity index (χ1) is 9.01. The summed E-state index contributed by atoms with van der Waals surface area (Å²) in [5.74, 6) is -0.148. The Bertz CT molecular complexity index is 491. The van der Waals surface area contributed by atoms with Crippen LogP contribution in [0.4, 0.5) is 11.4 Å². The van der Waals surface area contributed by atoms with Gasteiger partial charge in [0.05, 0.1) is 23.9 Å². The van der Waals surface area contributed by atoms with Crippen LogP contribution in [-0.4, -0.2) is 25.5 Å². The molecule has 19 heavy (non-hydrogen) atoms. The highest BCUT2D eigenvalue weighted by Crippen LogP contribution is 2.26. The number of benzene rings is 1. The minimum atomic E-state index is -0.148. The summed E-state index contributed by atoms with van der Waals surface area (Å²) in [7, 11) is 1.59. The minimum absolute atomic E-state index is 0.148. The molecule has 0 bridgehead atoms. The van der Waals surface area contributed by atoms with E-state index in [1.165, 1.54) is 0 Å². The van der Waals surface area contributed by atoms with Gasteiger partial charge < -0.3 is 16.0 Å². The summed E-state index contributed by atoms with van der Waals surface area (Å²) in [6.07, 6.45) is 0.418. The highest BCUT2D eigenvalue weighted by molar-refractivity contribution is 5.96. The molecule has 0 spiro atoms. The van der Waals surface area contributed by atoms with Gasteiger partial charge in [-0.2, -0.15) is 5.26 Å². The summed E-state index contributed by atoms with van der Waals surface area (Å²) in [4.78, 5) is 13.7. The number of rotatable bonds is 5. The van der Waals surface area contributed by atoms with Crippen LogP contribution in [0.25, 0.3) is 0 Å². The van der Waals surface area contributed by atoms with Gasteiger partial charge in [-0.1, -0.05) is 0 Å². The van der Waals surface area contributed by atoms with Crippen molar-refractivity contribution in [2.24, 2.45) is 0 Å². The summed E-state index contributed by atoms with van der Waals surface area (Å²) in [6.45, 7) is 4.66. The number of nitrogen functional groups attached to an aromatic ring is 1. The largest absolute Gasteiger partial charge is 0.397 e. The van der Waals surface area contributed by atoms with Crippen LogP contribution in [-0.2, 0) is 0 Å². The van der Waals surface area contributed by atoms with Crippen LogP contribution in [0.1, 0.15) is 30.6 Å². The SMILES string of the molecule is CNC(=O)c1ccc(N)c(N(CCC#N)C(C)C)c1. The molecule has 3 N–H and O–H groups in total. The van der Waals surface area contributed by atoms with Gasteiger partial charge >= 0.3 is 0 Å². The average molecular weight is 260 g/mol. The smallest absolute Gasteiger partial charge is 0.251 e. The van der Waals surface area contributed by atoms with Crippen LogP contribution in [0.15, 0.2) is 18.2 Å². The second-order valence-corrected chi connectivity index (χ2v) is 4.55. The zero-order chi connectivity index (χ0) is 14.4. The second-order valence-electron chi connectivity index (χ2n) is 4.55. The number of nitrogens with two attached hydrogens (primary N) is 1. The monoisotopic (exact) mass is 260 g/mol. The average Bonchev–Trinajstić information content (AvgIpc) is 2.39. The van der Waals surface area contributed by atoms with Gasteiger partial charge in [0.1, 0.15) is 0 Å². The summed E-state index contributed by atoms with van der Waals surface area (Å²) in [5, 5.41) is 11.3. The van der Waals surface area contributed by atoms with Gasteiger partial charge in [-0.25, -0.2) is 0 Å². The van der Waals surface area contributed by atoms with E-state index >= 15 is 0 Å². The molecule has 0 unspecified atom stereocenters. The van der Waals surface area contributed by atoms with E-state index in [9.17, 15) is 4.79 Å². The topological polar surface area (TPSA) is 82.2 Å². The lowest BCUT2D eigenvalue weighted by atomic mass is 10.1. The Hall–Kier alpha value is -2.22. The quantitative estimate of drug-likeness (QED) is 0.790. The van der Waals surface area contributed by atoms with Crippen molar-refractivity contribution in [3.8, 4) is 6.07 Å². The van der Waals surface area contributed by atoms with E-state index < -0.39 is 0 Å². The third kappa shape index (κ3) is 3.62. The van der Waals surface area contributed by atoms with Gasteiger partial charge in [0.15, 0.2) is 0 Å². The molecule has 1 amide bonds. The third-order valence-corrected chi connectivity index (χ3v) is 2.92. The van der Waals surface area contributed by atoms with Crippen molar-refractivity contribution in [1.29, 1.82) is 5.26 Å². The zero-order valence-corrected chi connectivity index (χ0v) is 11.6. The number of amides is 1. The number of anilines is 2. The van der Waals surface area contributed by atoms with E-state index in [0.717, 1.165) is 5.69 Å². The van der Waals surface area contributed by atoms with Gasteiger partial charge in [-0.15, -0.1) is 0 Å². The fraction of sp³-hybridized carbons (Fsp3) is 0.429. The van der Waals surface area contributed by atoms with E-state index in [4.69, 9.17) is 11.0 Å². The highest BCUT2D eigenvalue weighted by Gasteiger charge is 2.15. The Morgan fingerprint density at radius 3 is 2.74 bits per heavy atom. The van der Waals surface area contributed by atoms with Crippen LogP contribution in [0.5, 0.6) is 0 Å². The lowest BCUT2D eigenvalue weighted by molar-refractivity contribution is 0.0963. The molecular formula is C14H20N4O. The van der Waals surface area contributed by atoms with Crippen LogP contribution in [0, 0.1) is 11.3 Å². The minimum Gasteiger partial charge on any atom is -0.397 e. The molecule has 0 aliphatic rings. The molecule has 0 aliphatic carbocycles. The fourth-order valence-electron chi connectivity index (χ4n) is 1.91. The normalized spacial score (nSPS) is 10.1. The maximum atomic E-state index is 11.7. The standard InChI is InChI=1S/C14H20N4O/c1-10(2)18(8-4-7-15)13-9-11(14(19)17-3)5-6-12(13)16/h5-6,9-10H,4,8,16H2,1-3H3,(H,17,19). The molecule has 0 atom stereocenters. The Balaban J connectivity index is 3.14. The van der Waals surface area contributed by atoms with E-state index in [1.807, 2.05) is 18.7 Å². The van der Waals surface area contributed by atoms with Crippen molar-refractivity contribution >= 4 is 17.3 Å². The number of nitriles is 1. The zero-order valence-electron chi connectivity index (χ0n) is 11.6. The van der Waals surface area contributed by atoms with Crippen molar-refractivity contribution in [3.63, 3.8) is 0 Å². The van der Waals surface area contributed by atoms with Gasteiger partial charge in [0, 0.05) is 25.2 Å². The van der Waals surface area contributed by atoms with Crippen molar-refractivity contribution in [1.82, 2.24) is 5.32 Å². The Kier molecular flexibility index (Phi) is 5.19. The molecule has 102 valence electrons. The van der Waals surface area contributed by atoms with Crippen LogP contribution >= 0.6 is 0 Å². The molecule has 0 fully saturated rings. The maximum absolute atomic E-state index is 11.7. The van der Waals surface area contributed by atoms with Gasteiger partial charge in [0.25, 0.3) is 5.91 Å². The van der Waals surface area contributed by atoms with Crippen molar-refractivity contribution in [2.45, 2.75) is 26.3 Å². The van der Waals surface area contributed by atoms with E-state index in [1.54, 1.807) is 25.2 Å². The number of hydrogen-bond acceptors (Lipinski definition) is 4. The van der Waals surface area contributed by atoms with Crippen LogP contribution in [0.3, 0.4) is 0 Å². The fourth-order valence-corrected chi connectivity index (χ4v) is 1.91. The van der Waals surface area contributed by atoms with Crippen molar-refractivity contribution in [3.05, 3.63) is 23.8 Å². The summed E-state index contributed by atoms with van der Waals surface area (Å²) >= 11 is 0. The predicted molar refractivity (Wildman–Crippen MR) is 77.0 cm³/mol. The van der Waals surface area contributed by atoms with E-state index in [-0.39, 0.29) is 11.9 Å². The first-order valence-electron chi connectivity index (χ1n) is 6.26. The third-order valence-electron chi connectivity index (χ3n) is 2.92. The number of carbonyl (C=O) groups excluding carboxylic acids is 1. The lowest BCUT2D eigenvalue weighted by Crippen LogP contribution is -2.32. The molecule has 1 rings (SSSR count). The summed E-state index contributed by atoms with van der Waals surface area (Å²) in [5.41, 5.74) is 7.96. The molecule has 0 saturated carbocycles. The Morgan fingerprint density at radius 2 is 2.21 bits per heavy atom.